The molecule has 0 aliphatic carbocycles. The molecule has 1 aromatic carbocycles. The fourth-order valence-corrected chi connectivity index (χ4v) is 1.60. The molecule has 0 amide bonds. The van der Waals surface area contributed by atoms with Crippen LogP contribution < -0.4 is 5.73 Å². The van der Waals surface area contributed by atoms with Crippen LogP contribution in [0.4, 0.5) is 0 Å². The predicted molar refractivity (Wildman–Crippen MR) is 68.0 cm³/mol. The molecule has 1 heterocycles. The van der Waals surface area contributed by atoms with Crippen molar-refractivity contribution in [2.24, 2.45) is 5.73 Å². The molecule has 0 atom stereocenters. The van der Waals surface area contributed by atoms with E-state index in [4.69, 9.17) is 5.73 Å². The molecule has 4 nitrogen and oxygen atoms in total. The third-order valence-corrected chi connectivity index (χ3v) is 2.74. The summed E-state index contributed by atoms with van der Waals surface area (Å²) >= 11 is 0. The number of hydrogen-bond donors (Lipinski definition) is 1. The molecule has 4 heteroatoms. The smallest absolute Gasteiger partial charge is 0.102 e. The van der Waals surface area contributed by atoms with E-state index in [1.54, 1.807) is 4.68 Å². The highest BCUT2D eigenvalue weighted by atomic mass is 15.4. The molecule has 0 saturated carbocycles. The summed E-state index contributed by atoms with van der Waals surface area (Å²) in [6, 6.07) is 8.26. The molecule has 90 valence electrons. The Morgan fingerprint density at radius 3 is 2.71 bits per heavy atom. The van der Waals surface area contributed by atoms with Crippen molar-refractivity contribution in [3.63, 3.8) is 0 Å². The lowest BCUT2D eigenvalue weighted by Crippen LogP contribution is -2.29. The summed E-state index contributed by atoms with van der Waals surface area (Å²) in [5.74, 6) is 0. The molecule has 17 heavy (non-hydrogen) atoms. The fraction of sp³-hybridized carbons (Fsp3) is 0.385. The Morgan fingerprint density at radius 1 is 1.35 bits per heavy atom. The number of rotatable bonds is 3. The van der Waals surface area contributed by atoms with Crippen molar-refractivity contribution in [3.8, 4) is 5.69 Å². The van der Waals surface area contributed by atoms with Crippen molar-refractivity contribution in [1.29, 1.82) is 0 Å². The van der Waals surface area contributed by atoms with Gasteiger partial charge in [-0.1, -0.05) is 24.3 Å². The van der Waals surface area contributed by atoms with Crippen LogP contribution in [-0.4, -0.2) is 15.0 Å². The first-order chi connectivity index (χ1) is 8.00. The monoisotopic (exact) mass is 230 g/mol. The minimum atomic E-state index is -0.458. The Labute approximate surface area is 101 Å². The second kappa shape index (κ2) is 4.30. The van der Waals surface area contributed by atoms with Crippen molar-refractivity contribution < 1.29 is 0 Å². The second-order valence-electron chi connectivity index (χ2n) is 4.79. The quantitative estimate of drug-likeness (QED) is 0.877. The largest absolute Gasteiger partial charge is 0.320 e. The van der Waals surface area contributed by atoms with Crippen molar-refractivity contribution in [3.05, 3.63) is 41.7 Å². The number of hydrogen-bond acceptors (Lipinski definition) is 3. The van der Waals surface area contributed by atoms with Gasteiger partial charge in [-0.25, -0.2) is 4.68 Å². The van der Waals surface area contributed by atoms with Gasteiger partial charge < -0.3 is 5.73 Å². The topological polar surface area (TPSA) is 56.7 Å². The Bertz CT molecular complexity index is 508. The average molecular weight is 230 g/mol. The lowest BCUT2D eigenvalue weighted by atomic mass is 10.0. The van der Waals surface area contributed by atoms with Gasteiger partial charge in [-0.2, -0.15) is 0 Å². The molecule has 2 aromatic rings. The standard InChI is InChI=1S/C13H18N4/c1-4-10-6-5-7-11(8-10)17-9-12(15-16-17)13(2,3)14/h5-9H,4,14H2,1-3H3. The molecule has 0 aliphatic heterocycles. The van der Waals surface area contributed by atoms with Gasteiger partial charge in [0, 0.05) is 0 Å². The number of nitrogens with zero attached hydrogens (tertiary/aromatic N) is 3. The summed E-state index contributed by atoms with van der Waals surface area (Å²) in [5, 5.41) is 8.22. The number of nitrogens with two attached hydrogens (primary N) is 1. The van der Waals surface area contributed by atoms with Gasteiger partial charge in [0.05, 0.1) is 17.4 Å². The zero-order valence-electron chi connectivity index (χ0n) is 10.5. The van der Waals surface area contributed by atoms with Crippen LogP contribution in [0.3, 0.4) is 0 Å². The van der Waals surface area contributed by atoms with Gasteiger partial charge in [0.2, 0.25) is 0 Å². The molecule has 0 fully saturated rings. The van der Waals surface area contributed by atoms with Gasteiger partial charge in [-0.05, 0) is 38.0 Å². The Kier molecular flexibility index (Phi) is 2.98. The maximum absolute atomic E-state index is 5.99. The minimum absolute atomic E-state index is 0.458. The maximum Gasteiger partial charge on any atom is 0.102 e. The zero-order valence-corrected chi connectivity index (χ0v) is 10.5. The van der Waals surface area contributed by atoms with E-state index in [1.165, 1.54) is 5.56 Å². The lowest BCUT2D eigenvalue weighted by Gasteiger charge is -2.13. The highest BCUT2D eigenvalue weighted by Crippen LogP contribution is 2.16. The lowest BCUT2D eigenvalue weighted by molar-refractivity contribution is 0.533. The summed E-state index contributed by atoms with van der Waals surface area (Å²) in [7, 11) is 0. The van der Waals surface area contributed by atoms with Crippen LogP contribution in [0.5, 0.6) is 0 Å². The summed E-state index contributed by atoms with van der Waals surface area (Å²) < 4.78 is 1.77. The van der Waals surface area contributed by atoms with E-state index in [9.17, 15) is 0 Å². The highest BCUT2D eigenvalue weighted by Gasteiger charge is 2.18. The van der Waals surface area contributed by atoms with Crippen LogP contribution in [0.15, 0.2) is 30.5 Å². The molecule has 0 radical (unpaired) electrons. The number of aromatic nitrogens is 3. The van der Waals surface area contributed by atoms with Crippen LogP contribution in [0.1, 0.15) is 32.0 Å². The fourth-order valence-electron chi connectivity index (χ4n) is 1.60. The van der Waals surface area contributed by atoms with E-state index >= 15 is 0 Å². The van der Waals surface area contributed by atoms with Crippen LogP contribution in [0.2, 0.25) is 0 Å². The second-order valence-corrected chi connectivity index (χ2v) is 4.79. The van der Waals surface area contributed by atoms with Crippen LogP contribution >= 0.6 is 0 Å². The SMILES string of the molecule is CCc1cccc(-n2cc(C(C)(C)N)nn2)c1. The van der Waals surface area contributed by atoms with Crippen LogP contribution in [0.25, 0.3) is 5.69 Å². The highest BCUT2D eigenvalue weighted by molar-refractivity contribution is 5.35. The average Bonchev–Trinajstić information content (AvgIpc) is 2.78. The van der Waals surface area contributed by atoms with Gasteiger partial charge in [-0.15, -0.1) is 5.10 Å². The van der Waals surface area contributed by atoms with Gasteiger partial charge in [0.15, 0.2) is 0 Å². The molecule has 0 saturated heterocycles. The van der Waals surface area contributed by atoms with Crippen molar-refractivity contribution in [2.75, 3.05) is 0 Å². The minimum Gasteiger partial charge on any atom is -0.320 e. The number of benzene rings is 1. The van der Waals surface area contributed by atoms with Gasteiger partial charge >= 0.3 is 0 Å². The predicted octanol–water partition coefficient (Wildman–Crippen LogP) is 2.02. The van der Waals surface area contributed by atoms with E-state index in [1.807, 2.05) is 32.2 Å². The Hall–Kier alpha value is -1.68. The molecule has 0 spiro atoms. The first-order valence-corrected chi connectivity index (χ1v) is 5.81. The first-order valence-electron chi connectivity index (χ1n) is 5.81. The Morgan fingerprint density at radius 2 is 2.12 bits per heavy atom. The number of aryl methyl sites for hydroxylation is 1. The third-order valence-electron chi connectivity index (χ3n) is 2.74. The van der Waals surface area contributed by atoms with E-state index in [0.717, 1.165) is 17.8 Å². The van der Waals surface area contributed by atoms with Gasteiger partial charge in [-0.3, -0.25) is 0 Å². The third kappa shape index (κ3) is 2.53. The first kappa shape index (κ1) is 11.8. The summed E-state index contributed by atoms with van der Waals surface area (Å²) in [5.41, 5.74) is 8.63. The molecule has 2 rings (SSSR count). The summed E-state index contributed by atoms with van der Waals surface area (Å²) in [4.78, 5) is 0. The molecular weight excluding hydrogens is 212 g/mol. The van der Waals surface area contributed by atoms with E-state index in [2.05, 4.69) is 29.4 Å². The molecule has 0 bridgehead atoms. The normalized spacial score (nSPS) is 11.8. The van der Waals surface area contributed by atoms with Crippen molar-refractivity contribution in [1.82, 2.24) is 15.0 Å². The molecular formula is C13H18N4. The molecule has 1 aromatic heterocycles. The maximum atomic E-state index is 5.99. The van der Waals surface area contributed by atoms with Crippen molar-refractivity contribution in [2.45, 2.75) is 32.7 Å². The zero-order chi connectivity index (χ0) is 12.5. The molecule has 2 N–H and O–H groups in total. The van der Waals surface area contributed by atoms with E-state index in [-0.39, 0.29) is 0 Å². The van der Waals surface area contributed by atoms with Gasteiger partial charge in [0.1, 0.15) is 5.69 Å². The molecule has 0 unspecified atom stereocenters. The van der Waals surface area contributed by atoms with Crippen LogP contribution in [0, 0.1) is 0 Å². The van der Waals surface area contributed by atoms with Crippen molar-refractivity contribution >= 4 is 0 Å². The molecule has 0 aliphatic rings. The van der Waals surface area contributed by atoms with E-state index in [0.29, 0.717) is 0 Å². The summed E-state index contributed by atoms with van der Waals surface area (Å²) in [6.07, 6.45) is 2.90. The van der Waals surface area contributed by atoms with Crippen LogP contribution in [-0.2, 0) is 12.0 Å². The van der Waals surface area contributed by atoms with Gasteiger partial charge in [0.25, 0.3) is 0 Å². The Balaban J connectivity index is 2.37. The van der Waals surface area contributed by atoms with E-state index < -0.39 is 5.54 Å². The summed E-state index contributed by atoms with van der Waals surface area (Å²) in [6.45, 7) is 5.97.